The maximum Gasteiger partial charge on any atom is 0.274 e. The van der Waals surface area contributed by atoms with Crippen molar-refractivity contribution in [2.45, 2.75) is 0 Å². The molecule has 0 atom stereocenters. The molecule has 3 rings (SSSR count). The lowest BCUT2D eigenvalue weighted by Gasteiger charge is -2.08. The van der Waals surface area contributed by atoms with Crippen molar-refractivity contribution in [2.24, 2.45) is 0 Å². The zero-order valence-electron chi connectivity index (χ0n) is 12.8. The number of carbonyl (C=O) groups is 1. The topological polar surface area (TPSA) is 54.0 Å². The van der Waals surface area contributed by atoms with Gasteiger partial charge in [-0.1, -0.05) is 18.2 Å². The first-order valence-corrected chi connectivity index (χ1v) is 7.27. The van der Waals surface area contributed by atoms with Gasteiger partial charge >= 0.3 is 0 Å². The third-order valence-corrected chi connectivity index (χ3v) is 3.34. The van der Waals surface area contributed by atoms with Crippen LogP contribution in [0.15, 0.2) is 60.8 Å². The molecular formula is C18H12F3N3O. The SMILES string of the molecule is O=C(Nc1ccc(F)c(F)c1F)c1ccc(Nc2ccccc2)cn1. The Morgan fingerprint density at radius 3 is 2.28 bits per heavy atom. The summed E-state index contributed by atoms with van der Waals surface area (Å²) in [6.45, 7) is 0. The smallest absolute Gasteiger partial charge is 0.274 e. The van der Waals surface area contributed by atoms with Crippen LogP contribution < -0.4 is 10.6 Å². The van der Waals surface area contributed by atoms with Gasteiger partial charge in [-0.05, 0) is 36.4 Å². The number of aromatic nitrogens is 1. The number of anilines is 3. The van der Waals surface area contributed by atoms with Crippen molar-refractivity contribution in [1.82, 2.24) is 4.98 Å². The molecule has 4 nitrogen and oxygen atoms in total. The van der Waals surface area contributed by atoms with Gasteiger partial charge in [-0.25, -0.2) is 18.2 Å². The minimum Gasteiger partial charge on any atom is -0.354 e. The molecule has 0 unspecified atom stereocenters. The van der Waals surface area contributed by atoms with Gasteiger partial charge in [0.15, 0.2) is 17.5 Å². The Morgan fingerprint density at radius 2 is 1.60 bits per heavy atom. The molecule has 25 heavy (non-hydrogen) atoms. The van der Waals surface area contributed by atoms with Crippen LogP contribution in [-0.2, 0) is 0 Å². The van der Waals surface area contributed by atoms with Gasteiger partial charge in [0.25, 0.3) is 5.91 Å². The molecule has 0 saturated heterocycles. The van der Waals surface area contributed by atoms with Crippen LogP contribution in [-0.4, -0.2) is 10.9 Å². The van der Waals surface area contributed by atoms with Crippen molar-refractivity contribution in [1.29, 1.82) is 0 Å². The maximum atomic E-state index is 13.6. The molecule has 2 N–H and O–H groups in total. The lowest BCUT2D eigenvalue weighted by atomic mass is 10.2. The summed E-state index contributed by atoms with van der Waals surface area (Å²) in [7, 11) is 0. The molecular weight excluding hydrogens is 331 g/mol. The summed E-state index contributed by atoms with van der Waals surface area (Å²) in [5.41, 5.74) is 1.05. The maximum absolute atomic E-state index is 13.6. The van der Waals surface area contributed by atoms with Crippen molar-refractivity contribution in [3.05, 3.63) is 83.9 Å². The van der Waals surface area contributed by atoms with E-state index < -0.39 is 29.0 Å². The van der Waals surface area contributed by atoms with E-state index in [0.29, 0.717) is 5.69 Å². The van der Waals surface area contributed by atoms with Crippen molar-refractivity contribution >= 4 is 23.0 Å². The highest BCUT2D eigenvalue weighted by Crippen LogP contribution is 2.20. The summed E-state index contributed by atoms with van der Waals surface area (Å²) >= 11 is 0. The summed E-state index contributed by atoms with van der Waals surface area (Å²) < 4.78 is 39.7. The summed E-state index contributed by atoms with van der Waals surface area (Å²) in [5, 5.41) is 5.26. The number of halogens is 3. The predicted molar refractivity (Wildman–Crippen MR) is 88.2 cm³/mol. The van der Waals surface area contributed by atoms with E-state index in [1.54, 1.807) is 6.07 Å². The number of amides is 1. The average molecular weight is 343 g/mol. The molecule has 0 aliphatic carbocycles. The second kappa shape index (κ2) is 7.04. The van der Waals surface area contributed by atoms with Crippen LogP contribution in [0.3, 0.4) is 0 Å². The zero-order valence-corrected chi connectivity index (χ0v) is 12.8. The van der Waals surface area contributed by atoms with Crippen LogP contribution >= 0.6 is 0 Å². The predicted octanol–water partition coefficient (Wildman–Crippen LogP) is 4.49. The Kier molecular flexibility index (Phi) is 4.65. The summed E-state index contributed by atoms with van der Waals surface area (Å²) in [6.07, 6.45) is 1.43. The fraction of sp³-hybridized carbons (Fsp3) is 0. The molecule has 0 bridgehead atoms. The molecule has 2 aromatic carbocycles. The standard InChI is InChI=1S/C18H12F3N3O/c19-13-7-9-14(17(21)16(13)20)24-18(25)15-8-6-12(10-22-15)23-11-4-2-1-3-5-11/h1-10,23H,(H,24,25). The molecule has 0 radical (unpaired) electrons. The van der Waals surface area contributed by atoms with E-state index in [0.717, 1.165) is 17.8 Å². The quantitative estimate of drug-likeness (QED) is 0.686. The van der Waals surface area contributed by atoms with Gasteiger partial charge in [0.2, 0.25) is 0 Å². The first-order chi connectivity index (χ1) is 12.0. The summed E-state index contributed by atoms with van der Waals surface area (Å²) in [4.78, 5) is 16.0. The van der Waals surface area contributed by atoms with E-state index in [1.165, 1.54) is 12.3 Å². The van der Waals surface area contributed by atoms with E-state index in [9.17, 15) is 18.0 Å². The third kappa shape index (κ3) is 3.77. The zero-order chi connectivity index (χ0) is 17.8. The summed E-state index contributed by atoms with van der Waals surface area (Å²) in [6, 6.07) is 14.1. The van der Waals surface area contributed by atoms with Crippen molar-refractivity contribution in [3.8, 4) is 0 Å². The molecule has 126 valence electrons. The van der Waals surface area contributed by atoms with Crippen molar-refractivity contribution < 1.29 is 18.0 Å². The van der Waals surface area contributed by atoms with Gasteiger partial charge in [0.05, 0.1) is 17.6 Å². The highest BCUT2D eigenvalue weighted by Gasteiger charge is 2.16. The second-order valence-electron chi connectivity index (χ2n) is 5.10. The minimum atomic E-state index is -1.65. The molecule has 1 heterocycles. The lowest BCUT2D eigenvalue weighted by Crippen LogP contribution is -2.15. The van der Waals surface area contributed by atoms with Crippen LogP contribution in [0.25, 0.3) is 0 Å². The highest BCUT2D eigenvalue weighted by atomic mass is 19.2. The molecule has 0 aliphatic heterocycles. The first kappa shape index (κ1) is 16.5. The number of nitrogens with zero attached hydrogens (tertiary/aromatic N) is 1. The fourth-order valence-electron chi connectivity index (χ4n) is 2.10. The molecule has 0 spiro atoms. The number of carbonyl (C=O) groups excluding carboxylic acids is 1. The van der Waals surface area contributed by atoms with Crippen LogP contribution in [0.4, 0.5) is 30.2 Å². The van der Waals surface area contributed by atoms with Gasteiger partial charge in [0, 0.05) is 5.69 Å². The van der Waals surface area contributed by atoms with Crippen molar-refractivity contribution in [3.63, 3.8) is 0 Å². The third-order valence-electron chi connectivity index (χ3n) is 3.34. The van der Waals surface area contributed by atoms with E-state index in [-0.39, 0.29) is 5.69 Å². The monoisotopic (exact) mass is 343 g/mol. The average Bonchev–Trinajstić information content (AvgIpc) is 2.63. The van der Waals surface area contributed by atoms with E-state index in [1.807, 2.05) is 30.3 Å². The van der Waals surface area contributed by atoms with Gasteiger partial charge in [-0.3, -0.25) is 4.79 Å². The van der Waals surface area contributed by atoms with Crippen LogP contribution in [0.5, 0.6) is 0 Å². The Morgan fingerprint density at radius 1 is 0.840 bits per heavy atom. The minimum absolute atomic E-state index is 0.00254. The number of nitrogens with one attached hydrogen (secondary N) is 2. The largest absolute Gasteiger partial charge is 0.354 e. The highest BCUT2D eigenvalue weighted by molar-refractivity contribution is 6.03. The van der Waals surface area contributed by atoms with Crippen LogP contribution in [0, 0.1) is 17.5 Å². The number of pyridine rings is 1. The van der Waals surface area contributed by atoms with Gasteiger partial charge in [-0.15, -0.1) is 0 Å². The number of hydrogen-bond donors (Lipinski definition) is 2. The Bertz CT molecular complexity index is 899. The number of hydrogen-bond acceptors (Lipinski definition) is 3. The van der Waals surface area contributed by atoms with Crippen molar-refractivity contribution in [2.75, 3.05) is 10.6 Å². The number of para-hydroxylation sites is 1. The molecule has 0 aliphatic rings. The van der Waals surface area contributed by atoms with E-state index in [2.05, 4.69) is 15.6 Å². The molecule has 7 heteroatoms. The molecule has 1 aromatic heterocycles. The lowest BCUT2D eigenvalue weighted by molar-refractivity contribution is 0.102. The Labute approximate surface area is 141 Å². The van der Waals surface area contributed by atoms with Gasteiger partial charge in [-0.2, -0.15) is 0 Å². The first-order valence-electron chi connectivity index (χ1n) is 7.27. The molecule has 0 fully saturated rings. The summed E-state index contributed by atoms with van der Waals surface area (Å²) in [5.74, 6) is -5.18. The number of benzene rings is 2. The van der Waals surface area contributed by atoms with Gasteiger partial charge in [0.1, 0.15) is 5.69 Å². The molecule has 0 saturated carbocycles. The van der Waals surface area contributed by atoms with E-state index in [4.69, 9.17) is 0 Å². The molecule has 1 amide bonds. The van der Waals surface area contributed by atoms with Crippen LogP contribution in [0.1, 0.15) is 10.5 Å². The molecule has 3 aromatic rings. The fourth-order valence-corrected chi connectivity index (χ4v) is 2.10. The second-order valence-corrected chi connectivity index (χ2v) is 5.10. The van der Waals surface area contributed by atoms with E-state index >= 15 is 0 Å². The Balaban J connectivity index is 1.72. The van der Waals surface area contributed by atoms with Gasteiger partial charge < -0.3 is 10.6 Å². The Hall–Kier alpha value is -3.35. The van der Waals surface area contributed by atoms with Crippen LogP contribution in [0.2, 0.25) is 0 Å². The number of rotatable bonds is 4. The normalized spacial score (nSPS) is 10.4.